The summed E-state index contributed by atoms with van der Waals surface area (Å²) in [6.07, 6.45) is 6.41. The second kappa shape index (κ2) is 10.7. The number of hydrogen-bond donors (Lipinski definition) is 3. The van der Waals surface area contributed by atoms with Crippen molar-refractivity contribution >= 4 is 29.9 Å². The van der Waals surface area contributed by atoms with Crippen molar-refractivity contribution in [1.82, 2.24) is 10.6 Å². The lowest BCUT2D eigenvalue weighted by Gasteiger charge is -2.29. The molecular formula is C18H30IN3O. The number of benzene rings is 1. The summed E-state index contributed by atoms with van der Waals surface area (Å²) in [5.74, 6) is 2.08. The Bertz CT molecular complexity index is 485. The van der Waals surface area contributed by atoms with Crippen molar-refractivity contribution in [2.24, 2.45) is 10.9 Å². The van der Waals surface area contributed by atoms with E-state index in [-0.39, 0.29) is 24.0 Å². The van der Waals surface area contributed by atoms with E-state index >= 15 is 0 Å². The highest BCUT2D eigenvalue weighted by Gasteiger charge is 2.20. The molecule has 4 nitrogen and oxygen atoms in total. The third-order valence-corrected chi connectivity index (χ3v) is 4.44. The lowest BCUT2D eigenvalue weighted by Crippen LogP contribution is -2.44. The number of rotatable bonds is 5. The van der Waals surface area contributed by atoms with Gasteiger partial charge < -0.3 is 15.7 Å². The van der Waals surface area contributed by atoms with E-state index in [4.69, 9.17) is 0 Å². The number of nitrogens with zero attached hydrogens (tertiary/aromatic N) is 1. The quantitative estimate of drug-likeness (QED) is 0.375. The molecule has 1 fully saturated rings. The van der Waals surface area contributed by atoms with Gasteiger partial charge in [-0.05, 0) is 56.2 Å². The fourth-order valence-corrected chi connectivity index (χ4v) is 3.05. The number of halogens is 1. The number of phenols is 1. The smallest absolute Gasteiger partial charge is 0.191 e. The molecular weight excluding hydrogens is 401 g/mol. The number of nitrogens with one attached hydrogen (secondary N) is 2. The Morgan fingerprint density at radius 3 is 2.57 bits per heavy atom. The molecule has 23 heavy (non-hydrogen) atoms. The van der Waals surface area contributed by atoms with E-state index in [2.05, 4.69) is 29.5 Å². The highest BCUT2D eigenvalue weighted by atomic mass is 127. The minimum absolute atomic E-state index is 0. The van der Waals surface area contributed by atoms with Crippen LogP contribution in [0.15, 0.2) is 29.3 Å². The molecule has 2 rings (SSSR count). The Balaban J connectivity index is 0.00000264. The number of hydrogen-bond acceptors (Lipinski definition) is 2. The fourth-order valence-electron chi connectivity index (χ4n) is 3.05. The van der Waals surface area contributed by atoms with Crippen molar-refractivity contribution in [2.45, 2.75) is 58.5 Å². The first-order chi connectivity index (χ1) is 10.7. The van der Waals surface area contributed by atoms with Gasteiger partial charge in [-0.1, -0.05) is 25.5 Å². The Kier molecular flexibility index (Phi) is 9.36. The standard InChI is InChI=1S/C18H29N3O.HI/c1-3-14-8-10-16(11-9-14)21-18(19-4-2)20-13-15-6-5-7-17(22)12-15;/h5-7,12,14,16,22H,3-4,8-11,13H2,1-2H3,(H2,19,20,21);1H. The predicted molar refractivity (Wildman–Crippen MR) is 108 cm³/mol. The van der Waals surface area contributed by atoms with E-state index in [1.54, 1.807) is 12.1 Å². The molecule has 1 saturated carbocycles. The van der Waals surface area contributed by atoms with Crippen molar-refractivity contribution in [2.75, 3.05) is 6.54 Å². The lowest BCUT2D eigenvalue weighted by molar-refractivity contribution is 0.304. The van der Waals surface area contributed by atoms with E-state index in [0.717, 1.165) is 24.0 Å². The molecule has 0 saturated heterocycles. The van der Waals surface area contributed by atoms with Crippen LogP contribution in [0.25, 0.3) is 0 Å². The molecule has 0 bridgehead atoms. The zero-order valence-corrected chi connectivity index (χ0v) is 16.5. The van der Waals surface area contributed by atoms with Crippen LogP contribution in [0.1, 0.15) is 51.5 Å². The summed E-state index contributed by atoms with van der Waals surface area (Å²) >= 11 is 0. The van der Waals surface area contributed by atoms with Crippen molar-refractivity contribution in [3.8, 4) is 5.75 Å². The first-order valence-corrected chi connectivity index (χ1v) is 8.54. The van der Waals surface area contributed by atoms with Crippen LogP contribution in [0.5, 0.6) is 5.75 Å². The highest BCUT2D eigenvalue weighted by molar-refractivity contribution is 14.0. The minimum Gasteiger partial charge on any atom is -0.508 e. The van der Waals surface area contributed by atoms with Gasteiger partial charge >= 0.3 is 0 Å². The summed E-state index contributed by atoms with van der Waals surface area (Å²) in [4.78, 5) is 4.64. The van der Waals surface area contributed by atoms with Gasteiger partial charge in [-0.2, -0.15) is 0 Å². The van der Waals surface area contributed by atoms with Gasteiger partial charge in [0.15, 0.2) is 5.96 Å². The summed E-state index contributed by atoms with van der Waals surface area (Å²) < 4.78 is 0. The summed E-state index contributed by atoms with van der Waals surface area (Å²) in [7, 11) is 0. The summed E-state index contributed by atoms with van der Waals surface area (Å²) in [5, 5.41) is 16.4. The average Bonchev–Trinajstić information content (AvgIpc) is 2.54. The highest BCUT2D eigenvalue weighted by Crippen LogP contribution is 2.26. The van der Waals surface area contributed by atoms with Crippen molar-refractivity contribution < 1.29 is 5.11 Å². The Morgan fingerprint density at radius 1 is 1.22 bits per heavy atom. The van der Waals surface area contributed by atoms with Crippen molar-refractivity contribution in [1.29, 1.82) is 0 Å². The minimum atomic E-state index is 0. The fraction of sp³-hybridized carbons (Fsp3) is 0.611. The molecule has 0 unspecified atom stereocenters. The third kappa shape index (κ3) is 6.97. The molecule has 1 aromatic carbocycles. The molecule has 0 radical (unpaired) electrons. The SMILES string of the molecule is CCNC(=NCc1cccc(O)c1)NC1CCC(CC)CC1.I. The van der Waals surface area contributed by atoms with Crippen molar-refractivity contribution in [3.63, 3.8) is 0 Å². The third-order valence-electron chi connectivity index (χ3n) is 4.44. The van der Waals surface area contributed by atoms with E-state index in [0.29, 0.717) is 18.3 Å². The number of guanidine groups is 1. The van der Waals surface area contributed by atoms with Crippen LogP contribution in [0.4, 0.5) is 0 Å². The number of aliphatic imine (C=N–C) groups is 1. The van der Waals surface area contributed by atoms with Gasteiger partial charge in [-0.25, -0.2) is 4.99 Å². The van der Waals surface area contributed by atoms with Gasteiger partial charge in [-0.3, -0.25) is 0 Å². The van der Waals surface area contributed by atoms with Crippen LogP contribution in [0, 0.1) is 5.92 Å². The molecule has 0 aliphatic heterocycles. The zero-order chi connectivity index (χ0) is 15.8. The normalized spacial score (nSPS) is 21.4. The lowest BCUT2D eigenvalue weighted by atomic mass is 9.84. The average molecular weight is 431 g/mol. The van der Waals surface area contributed by atoms with E-state index in [9.17, 15) is 5.11 Å². The summed E-state index contributed by atoms with van der Waals surface area (Å²) in [6.45, 7) is 5.81. The molecule has 0 atom stereocenters. The molecule has 5 heteroatoms. The molecule has 3 N–H and O–H groups in total. The Morgan fingerprint density at radius 2 is 1.96 bits per heavy atom. The monoisotopic (exact) mass is 431 g/mol. The number of aromatic hydroxyl groups is 1. The first-order valence-electron chi connectivity index (χ1n) is 8.54. The van der Waals surface area contributed by atoms with Gasteiger partial charge in [0.05, 0.1) is 6.54 Å². The first kappa shape index (κ1) is 20.1. The van der Waals surface area contributed by atoms with E-state index < -0.39 is 0 Å². The zero-order valence-electron chi connectivity index (χ0n) is 14.2. The maximum atomic E-state index is 9.51. The van der Waals surface area contributed by atoms with Gasteiger partial charge in [0, 0.05) is 12.6 Å². The number of phenolic OH excluding ortho intramolecular Hbond substituents is 1. The van der Waals surface area contributed by atoms with Gasteiger partial charge in [0.1, 0.15) is 5.75 Å². The van der Waals surface area contributed by atoms with Crippen LogP contribution < -0.4 is 10.6 Å². The van der Waals surface area contributed by atoms with Crippen LogP contribution in [0.2, 0.25) is 0 Å². The molecule has 0 amide bonds. The van der Waals surface area contributed by atoms with Crippen LogP contribution in [-0.4, -0.2) is 23.7 Å². The van der Waals surface area contributed by atoms with Crippen LogP contribution in [0.3, 0.4) is 0 Å². The van der Waals surface area contributed by atoms with Crippen LogP contribution in [-0.2, 0) is 6.54 Å². The molecule has 1 aliphatic rings. The van der Waals surface area contributed by atoms with Gasteiger partial charge in [0.2, 0.25) is 0 Å². The predicted octanol–water partition coefficient (Wildman–Crippen LogP) is 4.03. The largest absolute Gasteiger partial charge is 0.508 e. The molecule has 0 aromatic heterocycles. The molecule has 0 heterocycles. The maximum Gasteiger partial charge on any atom is 0.191 e. The summed E-state index contributed by atoms with van der Waals surface area (Å²) in [5.41, 5.74) is 1.02. The molecule has 1 aliphatic carbocycles. The maximum absolute atomic E-state index is 9.51. The molecule has 0 spiro atoms. The second-order valence-corrected chi connectivity index (χ2v) is 6.14. The summed E-state index contributed by atoms with van der Waals surface area (Å²) in [6, 6.07) is 7.82. The Labute approximate surface area is 157 Å². The van der Waals surface area contributed by atoms with Gasteiger partial charge in [-0.15, -0.1) is 24.0 Å². The Hall–Kier alpha value is -0.980. The van der Waals surface area contributed by atoms with Gasteiger partial charge in [0.25, 0.3) is 0 Å². The van der Waals surface area contributed by atoms with E-state index in [1.807, 2.05) is 12.1 Å². The topological polar surface area (TPSA) is 56.7 Å². The second-order valence-electron chi connectivity index (χ2n) is 6.14. The van der Waals surface area contributed by atoms with Crippen molar-refractivity contribution in [3.05, 3.63) is 29.8 Å². The molecule has 1 aromatic rings. The van der Waals surface area contributed by atoms with E-state index in [1.165, 1.54) is 32.1 Å². The molecule has 130 valence electrons. The van der Waals surface area contributed by atoms with Crippen LogP contribution >= 0.6 is 24.0 Å².